The molecular formula is C41H57N5O6. The third-order valence-corrected chi connectivity index (χ3v) is 11.0. The molecule has 1 aliphatic carbocycles. The lowest BCUT2D eigenvalue weighted by molar-refractivity contribution is -0.144. The highest BCUT2D eigenvalue weighted by molar-refractivity contribution is 6.38. The lowest BCUT2D eigenvalue weighted by atomic mass is 9.83. The van der Waals surface area contributed by atoms with Gasteiger partial charge in [0.05, 0.1) is 12.2 Å². The summed E-state index contributed by atoms with van der Waals surface area (Å²) in [6.45, 7) is 9.87. The zero-order chi connectivity index (χ0) is 37.8. The van der Waals surface area contributed by atoms with Crippen LogP contribution >= 0.6 is 0 Å². The zero-order valence-corrected chi connectivity index (χ0v) is 31.5. The number of ketones is 3. The first-order valence-electron chi connectivity index (χ1n) is 19.3. The number of carbonyl (C=O) groups excluding carboxylic acids is 6. The molecule has 2 aromatic rings. The van der Waals surface area contributed by atoms with Gasteiger partial charge in [0.1, 0.15) is 17.8 Å². The molecule has 2 fully saturated rings. The standard InChI is InChI=1S/C41H57N5O6/c1-6-14-31(38(49)34(48)23-27(5)29-15-10-8-11-16-29)24-33(47)37-28(7-2)19-22-46(37)41(52)35(26(3)4)44-40(51)36(30-17-12-9-13-18-30)45-39(50)32-25-42-20-21-43-32/h8,10-11,15-16,20-21,25-28,30-31,35-37H,6-7,9,12-14,17-19,22-24H2,1-5H3,(H,44,51)(H,45,50)/t27-,28+,31?,35+,36+,37+/m1/s1. The number of nitrogens with one attached hydrogen (secondary N) is 2. The Morgan fingerprint density at radius 3 is 2.21 bits per heavy atom. The quantitative estimate of drug-likeness (QED) is 0.188. The van der Waals surface area contributed by atoms with Gasteiger partial charge < -0.3 is 15.5 Å². The van der Waals surface area contributed by atoms with Gasteiger partial charge in [0.15, 0.2) is 11.6 Å². The molecule has 3 amide bonds. The molecule has 0 radical (unpaired) electrons. The van der Waals surface area contributed by atoms with Crippen molar-refractivity contribution >= 4 is 35.1 Å². The minimum Gasteiger partial charge on any atom is -0.342 e. The lowest BCUT2D eigenvalue weighted by Gasteiger charge is -2.35. The van der Waals surface area contributed by atoms with E-state index in [1.165, 1.54) is 18.6 Å². The number of hydrogen-bond donors (Lipinski definition) is 2. The molecule has 2 heterocycles. The number of rotatable bonds is 18. The number of aromatic nitrogens is 2. The van der Waals surface area contributed by atoms with Gasteiger partial charge in [-0.2, -0.15) is 0 Å². The Labute approximate surface area is 308 Å². The van der Waals surface area contributed by atoms with Gasteiger partial charge in [-0.05, 0) is 54.9 Å². The van der Waals surface area contributed by atoms with E-state index in [9.17, 15) is 28.8 Å². The van der Waals surface area contributed by atoms with Crippen molar-refractivity contribution in [2.24, 2.45) is 23.7 Å². The van der Waals surface area contributed by atoms with Crippen molar-refractivity contribution in [1.82, 2.24) is 25.5 Å². The molecule has 6 atom stereocenters. The first kappa shape index (κ1) is 40.5. The molecule has 1 aliphatic heterocycles. The van der Waals surface area contributed by atoms with Crippen molar-refractivity contribution < 1.29 is 28.8 Å². The molecule has 11 nitrogen and oxygen atoms in total. The molecule has 1 saturated heterocycles. The first-order valence-corrected chi connectivity index (χ1v) is 19.3. The molecule has 52 heavy (non-hydrogen) atoms. The SMILES string of the molecule is CCCC(CC(=O)[C@@H]1[C@@H](CC)CCN1C(=O)[C@@H](NC(=O)[C@@H](NC(=O)c1cnccn1)C1CCCCC1)C(C)C)C(=O)C(=O)C[C@@H](C)c1ccccc1. The first-order chi connectivity index (χ1) is 25.0. The summed E-state index contributed by atoms with van der Waals surface area (Å²) >= 11 is 0. The highest BCUT2D eigenvalue weighted by Gasteiger charge is 2.45. The zero-order valence-electron chi connectivity index (χ0n) is 31.5. The van der Waals surface area contributed by atoms with Crippen LogP contribution in [0, 0.1) is 23.7 Å². The Morgan fingerprint density at radius 1 is 0.885 bits per heavy atom. The smallest absolute Gasteiger partial charge is 0.272 e. The number of nitrogens with zero attached hydrogens (tertiary/aromatic N) is 3. The minimum absolute atomic E-state index is 0.0691. The molecule has 0 spiro atoms. The average molecular weight is 716 g/mol. The summed E-state index contributed by atoms with van der Waals surface area (Å²) in [5.74, 6) is -3.93. The summed E-state index contributed by atoms with van der Waals surface area (Å²) in [5.41, 5.74) is 1.08. The Morgan fingerprint density at radius 2 is 1.60 bits per heavy atom. The minimum atomic E-state index is -0.938. The van der Waals surface area contributed by atoms with Crippen LogP contribution < -0.4 is 10.6 Å². The van der Waals surface area contributed by atoms with Gasteiger partial charge in [-0.3, -0.25) is 33.8 Å². The van der Waals surface area contributed by atoms with Crippen molar-refractivity contribution in [2.45, 2.75) is 129 Å². The van der Waals surface area contributed by atoms with Crippen LogP contribution in [0.25, 0.3) is 0 Å². The molecule has 1 saturated carbocycles. The Kier molecular flexibility index (Phi) is 15.2. The summed E-state index contributed by atoms with van der Waals surface area (Å²) < 4.78 is 0. The van der Waals surface area contributed by atoms with Gasteiger partial charge in [-0.15, -0.1) is 0 Å². The molecule has 1 aromatic heterocycles. The van der Waals surface area contributed by atoms with E-state index in [1.54, 1.807) is 4.90 Å². The van der Waals surface area contributed by atoms with Crippen molar-refractivity contribution in [3.05, 3.63) is 60.2 Å². The number of benzene rings is 1. The van der Waals surface area contributed by atoms with Crippen LogP contribution in [-0.4, -0.2) is 74.6 Å². The lowest BCUT2D eigenvalue weighted by Crippen LogP contribution is -2.59. The molecule has 11 heteroatoms. The van der Waals surface area contributed by atoms with Crippen molar-refractivity contribution in [3.63, 3.8) is 0 Å². The van der Waals surface area contributed by atoms with E-state index in [0.717, 1.165) is 37.7 Å². The number of carbonyl (C=O) groups is 6. The monoisotopic (exact) mass is 715 g/mol. The van der Waals surface area contributed by atoms with E-state index < -0.39 is 47.4 Å². The van der Waals surface area contributed by atoms with Crippen molar-refractivity contribution in [2.75, 3.05) is 6.54 Å². The van der Waals surface area contributed by atoms with Crippen LogP contribution in [0.15, 0.2) is 48.9 Å². The van der Waals surface area contributed by atoms with E-state index in [-0.39, 0.29) is 53.9 Å². The van der Waals surface area contributed by atoms with Gasteiger partial charge in [0, 0.05) is 37.7 Å². The van der Waals surface area contributed by atoms with E-state index >= 15 is 0 Å². The van der Waals surface area contributed by atoms with E-state index in [0.29, 0.717) is 32.2 Å². The second-order valence-corrected chi connectivity index (χ2v) is 15.1. The predicted molar refractivity (Wildman–Crippen MR) is 198 cm³/mol. The largest absolute Gasteiger partial charge is 0.342 e. The highest BCUT2D eigenvalue weighted by atomic mass is 16.2. The van der Waals surface area contributed by atoms with Gasteiger partial charge in [0.25, 0.3) is 5.91 Å². The maximum absolute atomic E-state index is 14.4. The van der Waals surface area contributed by atoms with E-state index in [1.807, 2.05) is 65.0 Å². The second-order valence-electron chi connectivity index (χ2n) is 15.1. The summed E-state index contributed by atoms with van der Waals surface area (Å²) in [7, 11) is 0. The molecule has 0 bridgehead atoms. The fourth-order valence-electron chi connectivity index (χ4n) is 7.94. The van der Waals surface area contributed by atoms with Crippen LogP contribution in [0.3, 0.4) is 0 Å². The third kappa shape index (κ3) is 10.4. The van der Waals surface area contributed by atoms with Crippen LogP contribution in [0.1, 0.15) is 127 Å². The van der Waals surface area contributed by atoms with Crippen LogP contribution in [-0.2, 0) is 24.0 Å². The van der Waals surface area contributed by atoms with E-state index in [2.05, 4.69) is 20.6 Å². The molecule has 2 N–H and O–H groups in total. The summed E-state index contributed by atoms with van der Waals surface area (Å²) in [6.07, 6.45) is 11.0. The Hall–Kier alpha value is -4.28. The summed E-state index contributed by atoms with van der Waals surface area (Å²) in [5, 5.41) is 5.86. The van der Waals surface area contributed by atoms with Crippen molar-refractivity contribution in [1.29, 1.82) is 0 Å². The second kappa shape index (κ2) is 19.5. The fourth-order valence-corrected chi connectivity index (χ4v) is 7.94. The normalized spacial score (nSPS) is 20.1. The highest BCUT2D eigenvalue weighted by Crippen LogP contribution is 2.32. The fraction of sp³-hybridized carbons (Fsp3) is 0.610. The van der Waals surface area contributed by atoms with Gasteiger partial charge in [-0.1, -0.05) is 97.1 Å². The molecule has 1 unspecified atom stereocenters. The average Bonchev–Trinajstić information content (AvgIpc) is 3.60. The topological polar surface area (TPSA) is 156 Å². The van der Waals surface area contributed by atoms with Gasteiger partial charge >= 0.3 is 0 Å². The molecule has 1 aromatic carbocycles. The van der Waals surface area contributed by atoms with Crippen LogP contribution in [0.5, 0.6) is 0 Å². The molecule has 282 valence electrons. The van der Waals surface area contributed by atoms with Gasteiger partial charge in [-0.25, -0.2) is 4.98 Å². The maximum atomic E-state index is 14.4. The number of amides is 3. The predicted octanol–water partition coefficient (Wildman–Crippen LogP) is 5.63. The Balaban J connectivity index is 1.50. The molecular weight excluding hydrogens is 658 g/mol. The maximum Gasteiger partial charge on any atom is 0.272 e. The van der Waals surface area contributed by atoms with Gasteiger partial charge in [0.2, 0.25) is 17.6 Å². The number of hydrogen-bond acceptors (Lipinski definition) is 8. The van der Waals surface area contributed by atoms with Crippen molar-refractivity contribution in [3.8, 4) is 0 Å². The number of likely N-dealkylation sites (tertiary alicyclic amines) is 1. The molecule has 2 aliphatic rings. The third-order valence-electron chi connectivity index (χ3n) is 11.0. The summed E-state index contributed by atoms with van der Waals surface area (Å²) in [6, 6.07) is 7.01. The van der Waals surface area contributed by atoms with E-state index in [4.69, 9.17) is 0 Å². The molecule has 4 rings (SSSR count). The summed E-state index contributed by atoms with van der Waals surface area (Å²) in [4.78, 5) is 92.1. The van der Waals surface area contributed by atoms with Crippen LogP contribution in [0.4, 0.5) is 0 Å². The number of Topliss-reactive ketones (excluding diaryl/α,β-unsaturated/α-hetero) is 3. The Bertz CT molecular complexity index is 1530. The van der Waals surface area contributed by atoms with Crippen LogP contribution in [0.2, 0.25) is 0 Å².